The molecule has 0 fully saturated rings. The molecular formula is C56H35NO2. The van der Waals surface area contributed by atoms with Crippen molar-refractivity contribution in [3.63, 3.8) is 0 Å². The fourth-order valence-electron chi connectivity index (χ4n) is 9.22. The van der Waals surface area contributed by atoms with Gasteiger partial charge < -0.3 is 13.7 Å². The van der Waals surface area contributed by atoms with Crippen molar-refractivity contribution in [1.29, 1.82) is 0 Å². The minimum Gasteiger partial charge on any atom is -0.456 e. The number of rotatable bonds is 6. The highest BCUT2D eigenvalue weighted by atomic mass is 16.3. The Morgan fingerprint density at radius 2 is 0.797 bits per heavy atom. The molecule has 0 aliphatic heterocycles. The van der Waals surface area contributed by atoms with Crippen LogP contribution in [0.25, 0.3) is 98.8 Å². The fourth-order valence-corrected chi connectivity index (χ4v) is 9.22. The minimum absolute atomic E-state index is 0.846. The van der Waals surface area contributed by atoms with Crippen molar-refractivity contribution in [1.82, 2.24) is 0 Å². The van der Waals surface area contributed by atoms with E-state index in [1.165, 1.54) is 38.4 Å². The van der Waals surface area contributed by atoms with Gasteiger partial charge in [-0.05, 0) is 74.8 Å². The molecule has 276 valence electrons. The molecule has 0 bridgehead atoms. The third kappa shape index (κ3) is 5.29. The maximum Gasteiger partial charge on any atom is 0.143 e. The highest BCUT2D eigenvalue weighted by Crippen LogP contribution is 2.52. The SMILES string of the molecule is c1ccc(-c2ccccc2-c2c(N(c3ccc(-c4cccc5c4oc4ccccc45)cc3)c3ccc4c(c3)oc3ccccc34)c3ccccc3c3ccccc23)cc1. The van der Waals surface area contributed by atoms with Gasteiger partial charge in [0, 0.05) is 55.5 Å². The lowest BCUT2D eigenvalue weighted by Crippen LogP contribution is -2.12. The van der Waals surface area contributed by atoms with Gasteiger partial charge in [0.2, 0.25) is 0 Å². The van der Waals surface area contributed by atoms with Crippen LogP contribution in [0.1, 0.15) is 0 Å². The zero-order valence-electron chi connectivity index (χ0n) is 32.0. The summed E-state index contributed by atoms with van der Waals surface area (Å²) in [5.74, 6) is 0. The summed E-state index contributed by atoms with van der Waals surface area (Å²) in [5, 5.41) is 9.20. The van der Waals surface area contributed by atoms with Gasteiger partial charge in [0.25, 0.3) is 0 Å². The molecule has 2 heterocycles. The van der Waals surface area contributed by atoms with E-state index in [0.717, 1.165) is 77.5 Å². The van der Waals surface area contributed by atoms with Crippen molar-refractivity contribution >= 4 is 82.5 Å². The van der Waals surface area contributed by atoms with Crippen LogP contribution < -0.4 is 4.90 Å². The van der Waals surface area contributed by atoms with Gasteiger partial charge in [0.1, 0.15) is 22.3 Å². The topological polar surface area (TPSA) is 29.5 Å². The lowest BCUT2D eigenvalue weighted by atomic mass is 9.86. The standard InChI is InChI=1S/C56H35NO2/c1-2-15-36(16-3-1)40-17-4-7-22-47(40)54-48-23-8-5-18-42(48)43-19-6-9-24-49(43)55(54)57(39-33-34-46-44-20-10-12-27-51(44)58-53(46)35-39)38-31-29-37(30-32-38)41-25-14-26-50-45-21-11-13-28-52(45)59-56(41)50/h1-35H. The van der Waals surface area contributed by atoms with Crippen LogP contribution in [0.2, 0.25) is 0 Å². The Morgan fingerprint density at radius 1 is 0.288 bits per heavy atom. The lowest BCUT2D eigenvalue weighted by molar-refractivity contribution is 0.669. The summed E-state index contributed by atoms with van der Waals surface area (Å²) in [6.07, 6.45) is 0. The number of furan rings is 2. The van der Waals surface area contributed by atoms with Gasteiger partial charge in [0.15, 0.2) is 0 Å². The van der Waals surface area contributed by atoms with Crippen LogP contribution >= 0.6 is 0 Å². The quantitative estimate of drug-likeness (QED) is 0.158. The molecule has 0 atom stereocenters. The number of benzene rings is 10. The van der Waals surface area contributed by atoms with E-state index in [0.29, 0.717) is 0 Å². The predicted molar refractivity (Wildman–Crippen MR) is 247 cm³/mol. The maximum absolute atomic E-state index is 6.57. The summed E-state index contributed by atoms with van der Waals surface area (Å²) < 4.78 is 13.1. The van der Waals surface area contributed by atoms with E-state index in [9.17, 15) is 0 Å². The van der Waals surface area contributed by atoms with E-state index in [-0.39, 0.29) is 0 Å². The van der Waals surface area contributed by atoms with Crippen molar-refractivity contribution in [3.05, 3.63) is 212 Å². The van der Waals surface area contributed by atoms with Gasteiger partial charge in [-0.3, -0.25) is 0 Å². The average Bonchev–Trinajstić information content (AvgIpc) is 3.88. The second-order valence-corrected chi connectivity index (χ2v) is 15.2. The van der Waals surface area contributed by atoms with Crippen LogP contribution in [0, 0.1) is 0 Å². The van der Waals surface area contributed by atoms with Crippen LogP contribution in [-0.4, -0.2) is 0 Å². The minimum atomic E-state index is 0.846. The Bertz CT molecular complexity index is 3560. The summed E-state index contributed by atoms with van der Waals surface area (Å²) in [5.41, 5.74) is 13.5. The van der Waals surface area contributed by atoms with Crippen molar-refractivity contribution in [3.8, 4) is 33.4 Å². The molecule has 59 heavy (non-hydrogen) atoms. The van der Waals surface area contributed by atoms with Crippen molar-refractivity contribution < 1.29 is 8.83 Å². The normalized spacial score (nSPS) is 11.7. The van der Waals surface area contributed by atoms with Crippen molar-refractivity contribution in [2.24, 2.45) is 0 Å². The third-order valence-corrected chi connectivity index (χ3v) is 11.9. The van der Waals surface area contributed by atoms with Crippen LogP contribution in [0.5, 0.6) is 0 Å². The zero-order chi connectivity index (χ0) is 38.9. The van der Waals surface area contributed by atoms with Gasteiger partial charge in [-0.1, -0.05) is 170 Å². The van der Waals surface area contributed by atoms with E-state index in [2.05, 4.69) is 193 Å². The monoisotopic (exact) mass is 753 g/mol. The van der Waals surface area contributed by atoms with Crippen molar-refractivity contribution in [2.75, 3.05) is 4.90 Å². The van der Waals surface area contributed by atoms with Crippen LogP contribution in [-0.2, 0) is 0 Å². The number of nitrogens with zero attached hydrogens (tertiary/aromatic N) is 1. The molecule has 0 radical (unpaired) electrons. The smallest absolute Gasteiger partial charge is 0.143 e. The molecule has 3 heteroatoms. The summed E-state index contributed by atoms with van der Waals surface area (Å²) >= 11 is 0. The molecule has 12 aromatic rings. The molecule has 0 aliphatic carbocycles. The summed E-state index contributed by atoms with van der Waals surface area (Å²) in [4.78, 5) is 2.43. The van der Waals surface area contributed by atoms with E-state index in [1.54, 1.807) is 0 Å². The summed E-state index contributed by atoms with van der Waals surface area (Å²) in [6, 6.07) is 75.8. The Labute approximate surface area is 340 Å². The molecule has 0 spiro atoms. The Hall–Kier alpha value is -7.88. The molecule has 0 saturated heterocycles. The number of anilines is 3. The second kappa shape index (κ2) is 13.4. The van der Waals surface area contributed by atoms with Gasteiger partial charge in [-0.25, -0.2) is 0 Å². The number of fused-ring (bicyclic) bond motifs is 9. The maximum atomic E-state index is 6.57. The number of hydrogen-bond acceptors (Lipinski definition) is 3. The molecular weight excluding hydrogens is 719 g/mol. The first-order valence-corrected chi connectivity index (χ1v) is 20.1. The number of para-hydroxylation sites is 3. The molecule has 0 N–H and O–H groups in total. The van der Waals surface area contributed by atoms with Crippen LogP contribution in [0.4, 0.5) is 17.1 Å². The van der Waals surface area contributed by atoms with Gasteiger partial charge in [-0.2, -0.15) is 0 Å². The molecule has 0 amide bonds. The fraction of sp³-hybridized carbons (Fsp3) is 0. The lowest BCUT2D eigenvalue weighted by Gasteiger charge is -2.31. The predicted octanol–water partition coefficient (Wildman–Crippen LogP) is 16.3. The van der Waals surface area contributed by atoms with E-state index < -0.39 is 0 Å². The molecule has 0 unspecified atom stereocenters. The van der Waals surface area contributed by atoms with Gasteiger partial charge in [0.05, 0.1) is 5.69 Å². The molecule has 0 saturated carbocycles. The molecule has 2 aromatic heterocycles. The van der Waals surface area contributed by atoms with E-state index in [1.807, 2.05) is 24.3 Å². The Morgan fingerprint density at radius 3 is 1.56 bits per heavy atom. The third-order valence-electron chi connectivity index (χ3n) is 11.9. The van der Waals surface area contributed by atoms with E-state index in [4.69, 9.17) is 8.83 Å². The molecule has 3 nitrogen and oxygen atoms in total. The molecule has 12 rings (SSSR count). The zero-order valence-corrected chi connectivity index (χ0v) is 32.0. The largest absolute Gasteiger partial charge is 0.456 e. The highest BCUT2D eigenvalue weighted by molar-refractivity contribution is 6.23. The van der Waals surface area contributed by atoms with Crippen LogP contribution in [0.3, 0.4) is 0 Å². The Balaban J connectivity index is 1.16. The van der Waals surface area contributed by atoms with Crippen LogP contribution in [0.15, 0.2) is 221 Å². The van der Waals surface area contributed by atoms with E-state index >= 15 is 0 Å². The average molecular weight is 754 g/mol. The summed E-state index contributed by atoms with van der Waals surface area (Å²) in [7, 11) is 0. The first-order valence-electron chi connectivity index (χ1n) is 20.1. The second-order valence-electron chi connectivity index (χ2n) is 15.2. The Kier molecular flexibility index (Phi) is 7.54. The summed E-state index contributed by atoms with van der Waals surface area (Å²) in [6.45, 7) is 0. The highest BCUT2D eigenvalue weighted by Gasteiger charge is 2.26. The van der Waals surface area contributed by atoms with Gasteiger partial charge >= 0.3 is 0 Å². The first-order chi connectivity index (χ1) is 29.3. The first kappa shape index (κ1) is 33.3. The molecule has 10 aromatic carbocycles. The molecule has 0 aliphatic rings. The van der Waals surface area contributed by atoms with Gasteiger partial charge in [-0.15, -0.1) is 0 Å². The van der Waals surface area contributed by atoms with Crippen molar-refractivity contribution in [2.45, 2.75) is 0 Å². The number of hydrogen-bond donors (Lipinski definition) is 0.